The van der Waals surface area contributed by atoms with Crippen LogP contribution in [0.2, 0.25) is 0 Å². The summed E-state index contributed by atoms with van der Waals surface area (Å²) in [6.07, 6.45) is 0. The number of rotatable bonds is 5. The van der Waals surface area contributed by atoms with Crippen molar-refractivity contribution in [2.75, 3.05) is 9.80 Å². The van der Waals surface area contributed by atoms with Crippen LogP contribution in [-0.2, 0) is 10.8 Å². The number of nitrogens with zero attached hydrogens (tertiary/aromatic N) is 4. The van der Waals surface area contributed by atoms with Crippen LogP contribution in [0.1, 0.15) is 62.3 Å². The molecule has 0 fully saturated rings. The van der Waals surface area contributed by atoms with Gasteiger partial charge in [-0.3, -0.25) is 0 Å². The maximum atomic E-state index is 10.4. The predicted molar refractivity (Wildman–Crippen MR) is 472 cm³/mol. The molecule has 0 aliphatic carbocycles. The third-order valence-electron chi connectivity index (χ3n) is 24.3. The average molecular weight is 1440 g/mol. The monoisotopic (exact) mass is 1440 g/mol. The van der Waals surface area contributed by atoms with Crippen molar-refractivity contribution in [3.63, 3.8) is 0 Å². The molecule has 0 saturated carbocycles. The van der Waals surface area contributed by atoms with Gasteiger partial charge in [-0.15, -0.1) is 0 Å². The van der Waals surface area contributed by atoms with Gasteiger partial charge in [0, 0.05) is 71.2 Å². The minimum atomic E-state index is -0.626. The van der Waals surface area contributed by atoms with Gasteiger partial charge in [-0.05, 0) is 173 Å². The van der Waals surface area contributed by atoms with Crippen LogP contribution in [0.15, 0.2) is 335 Å². The Bertz CT molecular complexity index is 8390. The van der Waals surface area contributed by atoms with E-state index < -0.39 is 18.8 Å². The molecule has 0 atom stereocenters. The standard InChI is InChI=1S/C104H71BN4O3/c1-103(2,3)62-48-44-60(45-49-62)77-56-80-88(58-78(77)61-46-50-63(51-47-61)104(4,5)6)107(84-37-22-42-95-97(84)75-31-14-19-40-93(75)110-95)90-54-64(106-83-36-17-12-30-74(83)99-86(106)53-52-73-70-29-13-18-39-92(70)112-102(73)99)55-91-100(90)105(80)81-57-79-68-27-10-8-25-66(68)65-24-7-9-26-67(65)71-33-21-34-72-69-28-11-16-35-82(69)109(101(71)72)87(79)59-89(81)108(91)85-38-23-43-96-98(85)76-32-15-20-41-94(76)111-96/h7-59H,1-6H3/i11D,16D,21D,28D,33D,34D,35D. The van der Waals surface area contributed by atoms with Gasteiger partial charge in [0.25, 0.3) is 6.71 Å². The van der Waals surface area contributed by atoms with Crippen LogP contribution in [0.25, 0.3) is 175 Å². The molecule has 7 nitrogen and oxygen atoms in total. The lowest BCUT2D eigenvalue weighted by Crippen LogP contribution is -2.61. The highest BCUT2D eigenvalue weighted by Crippen LogP contribution is 2.54. The van der Waals surface area contributed by atoms with Gasteiger partial charge in [0.2, 0.25) is 0 Å². The molecule has 2 aliphatic rings. The second-order valence-electron chi connectivity index (χ2n) is 32.4. The molecule has 528 valence electrons. The largest absolute Gasteiger partial charge is 0.456 e. The molecular formula is C104H71BN4O3. The van der Waals surface area contributed by atoms with Crippen LogP contribution >= 0.6 is 0 Å². The van der Waals surface area contributed by atoms with E-state index in [1.165, 1.54) is 11.1 Å². The number of para-hydroxylation sites is 6. The Kier molecular flexibility index (Phi) is 11.5. The first-order valence-electron chi connectivity index (χ1n) is 42.0. The third kappa shape index (κ3) is 8.83. The lowest BCUT2D eigenvalue weighted by molar-refractivity contribution is 0.590. The maximum Gasteiger partial charge on any atom is 0.252 e. The lowest BCUT2D eigenvalue weighted by atomic mass is 9.33. The summed E-state index contributed by atoms with van der Waals surface area (Å²) >= 11 is 0. The summed E-state index contributed by atoms with van der Waals surface area (Å²) in [5, 5.41) is 12.0. The summed E-state index contributed by atoms with van der Waals surface area (Å²) in [5.74, 6) is 0. The second kappa shape index (κ2) is 22.9. The molecule has 112 heavy (non-hydrogen) atoms. The Morgan fingerprint density at radius 3 is 1.38 bits per heavy atom. The smallest absolute Gasteiger partial charge is 0.252 e. The fourth-order valence-corrected chi connectivity index (χ4v) is 19.2. The first kappa shape index (κ1) is 56.4. The van der Waals surface area contributed by atoms with Crippen molar-refractivity contribution in [1.29, 1.82) is 0 Å². The van der Waals surface area contributed by atoms with Crippen molar-refractivity contribution in [2.45, 2.75) is 52.4 Å². The van der Waals surface area contributed by atoms with Crippen molar-refractivity contribution >= 4 is 204 Å². The van der Waals surface area contributed by atoms with Gasteiger partial charge in [-0.2, -0.15) is 0 Å². The number of benzene rings is 16. The van der Waals surface area contributed by atoms with Crippen molar-refractivity contribution < 1.29 is 22.8 Å². The molecule has 16 aromatic carbocycles. The molecule has 0 N–H and O–H groups in total. The minimum absolute atomic E-state index is 0.0895. The molecule has 2 aliphatic heterocycles. The average Bonchev–Trinajstić information content (AvgIpc) is 1.69. The summed E-state index contributed by atoms with van der Waals surface area (Å²) in [4.78, 5) is 4.94. The number of aromatic nitrogens is 2. The zero-order valence-electron chi connectivity index (χ0n) is 69.1. The van der Waals surface area contributed by atoms with E-state index in [0.29, 0.717) is 33.0 Å². The molecule has 8 heterocycles. The zero-order valence-corrected chi connectivity index (χ0v) is 62.1. The SMILES string of the molecule is [2H]c1c([2H])c([2H])c2c(c1[2H])c1c([2H])c([2H])c([2H])c3c4ccccc4c4ccccc4c4cc5c(cc4n2c31)N(c1cccc2oc3ccccc3c12)c1cc(-n2c3ccccc3c3c4oc6ccccc6c4ccc32)cc2c1B5c1cc(-c3ccc(C(C)(C)C)cc3)c(-c3ccc(C(C)(C)C)cc3)cc1N2c1cccc2oc3ccccc3c12. The van der Waals surface area contributed by atoms with E-state index in [2.05, 4.69) is 268 Å². The molecule has 8 heteroatoms. The van der Waals surface area contributed by atoms with E-state index in [9.17, 15) is 9.60 Å². The quantitative estimate of drug-likeness (QED) is 0.161. The number of furan rings is 3. The normalized spacial score (nSPS) is 14.1. The summed E-state index contributed by atoms with van der Waals surface area (Å²) in [6.45, 7) is 12.9. The van der Waals surface area contributed by atoms with Crippen LogP contribution in [0.3, 0.4) is 0 Å². The highest BCUT2D eigenvalue weighted by atomic mass is 16.3. The predicted octanol–water partition coefficient (Wildman–Crippen LogP) is 27.1. The summed E-state index contributed by atoms with van der Waals surface area (Å²) in [6, 6.07) is 97.0. The fraction of sp³-hybridized carbons (Fsp3) is 0.0769. The Balaban J connectivity index is 0.955. The maximum absolute atomic E-state index is 10.4. The fourth-order valence-electron chi connectivity index (χ4n) is 19.2. The number of hydrogen-bond donors (Lipinski definition) is 0. The molecule has 22 aromatic rings. The van der Waals surface area contributed by atoms with E-state index >= 15 is 0 Å². The van der Waals surface area contributed by atoms with E-state index in [-0.39, 0.29) is 57.3 Å². The highest BCUT2D eigenvalue weighted by Gasteiger charge is 2.46. The van der Waals surface area contributed by atoms with Crippen LogP contribution in [0.4, 0.5) is 34.1 Å². The summed E-state index contributed by atoms with van der Waals surface area (Å²) in [5.41, 5.74) is 22.5. The van der Waals surface area contributed by atoms with E-state index in [1.54, 1.807) is 0 Å². The minimum Gasteiger partial charge on any atom is -0.456 e. The molecule has 0 bridgehead atoms. The molecule has 6 aromatic heterocycles. The Morgan fingerprint density at radius 1 is 0.304 bits per heavy atom. The highest BCUT2D eigenvalue weighted by molar-refractivity contribution is 7.00. The molecule has 0 unspecified atom stereocenters. The number of fused-ring (bicyclic) bond motifs is 27. The molecular weight excluding hydrogens is 1360 g/mol. The molecule has 24 rings (SSSR count). The summed E-state index contributed by atoms with van der Waals surface area (Å²) in [7, 11) is 0. The van der Waals surface area contributed by atoms with Gasteiger partial charge in [0.15, 0.2) is 0 Å². The molecule has 0 radical (unpaired) electrons. The second-order valence-corrected chi connectivity index (χ2v) is 32.4. The van der Waals surface area contributed by atoms with Crippen molar-refractivity contribution in [3.05, 3.63) is 332 Å². The Hall–Kier alpha value is -13.8. The Labute approximate surface area is 655 Å². The van der Waals surface area contributed by atoms with Gasteiger partial charge in [-0.25, -0.2) is 0 Å². The first-order valence-corrected chi connectivity index (χ1v) is 38.5. The molecule has 0 saturated heterocycles. The Morgan fingerprint density at radius 2 is 0.777 bits per heavy atom. The zero-order chi connectivity index (χ0) is 80.4. The van der Waals surface area contributed by atoms with E-state index in [4.69, 9.17) is 13.3 Å². The first-order chi connectivity index (χ1) is 57.7. The van der Waals surface area contributed by atoms with Gasteiger partial charge in [0.1, 0.15) is 33.5 Å². The molecule has 0 amide bonds. The number of anilines is 6. The van der Waals surface area contributed by atoms with Crippen LogP contribution in [-0.4, -0.2) is 15.7 Å². The summed E-state index contributed by atoms with van der Waals surface area (Å²) < 4.78 is 95.3. The van der Waals surface area contributed by atoms with Crippen LogP contribution in [0, 0.1) is 0 Å². The third-order valence-corrected chi connectivity index (χ3v) is 24.3. The lowest BCUT2D eigenvalue weighted by Gasteiger charge is -2.45. The van der Waals surface area contributed by atoms with Crippen LogP contribution < -0.4 is 26.2 Å². The van der Waals surface area contributed by atoms with Gasteiger partial charge in [0.05, 0.1) is 70.4 Å². The van der Waals surface area contributed by atoms with Crippen molar-refractivity contribution in [2.24, 2.45) is 0 Å². The topological polar surface area (TPSA) is 55.2 Å². The molecule has 0 spiro atoms. The van der Waals surface area contributed by atoms with Crippen molar-refractivity contribution in [1.82, 2.24) is 8.97 Å². The van der Waals surface area contributed by atoms with Gasteiger partial charge >= 0.3 is 0 Å². The van der Waals surface area contributed by atoms with Gasteiger partial charge < -0.3 is 32.0 Å². The van der Waals surface area contributed by atoms with Crippen LogP contribution in [0.5, 0.6) is 0 Å². The van der Waals surface area contributed by atoms with E-state index in [1.807, 2.05) is 71.1 Å². The number of hydrogen-bond acceptors (Lipinski definition) is 5. The van der Waals surface area contributed by atoms with E-state index in [0.717, 1.165) is 176 Å². The van der Waals surface area contributed by atoms with Crippen molar-refractivity contribution in [3.8, 4) is 27.9 Å². The van der Waals surface area contributed by atoms with Gasteiger partial charge in [-0.1, -0.05) is 272 Å².